The lowest BCUT2D eigenvalue weighted by Gasteiger charge is -2.36. The Kier molecular flexibility index (Phi) is 15.5. The summed E-state index contributed by atoms with van der Waals surface area (Å²) in [4.78, 5) is 61.2. The molecule has 7 N–H and O–H groups in total. The van der Waals surface area contributed by atoms with Gasteiger partial charge in [0.1, 0.15) is 28.1 Å². The Bertz CT molecular complexity index is 2710. The van der Waals surface area contributed by atoms with E-state index in [0.717, 1.165) is 60.3 Å². The molecular formula is C46H63N13O5S2. The molecule has 0 aliphatic carbocycles. The Balaban J connectivity index is 1.21. The van der Waals surface area contributed by atoms with Crippen LogP contribution in [-0.2, 0) is 26.1 Å². The van der Waals surface area contributed by atoms with Crippen molar-refractivity contribution in [3.8, 4) is 5.75 Å². The third-order valence-corrected chi connectivity index (χ3v) is 13.8. The number of hydrogen-bond acceptors (Lipinski definition) is 14. The van der Waals surface area contributed by atoms with Crippen LogP contribution in [0.25, 0.3) is 22.1 Å². The number of amides is 3. The van der Waals surface area contributed by atoms with Crippen LogP contribution in [0.1, 0.15) is 106 Å². The van der Waals surface area contributed by atoms with Crippen LogP contribution >= 0.6 is 23.1 Å². The Morgan fingerprint density at radius 2 is 1.61 bits per heavy atom. The van der Waals surface area contributed by atoms with Gasteiger partial charge in [0.2, 0.25) is 17.8 Å². The summed E-state index contributed by atoms with van der Waals surface area (Å²) in [5.41, 5.74) is 16.8. The SMILES string of the molecule is CCc1nc(C)sc1C(=O)Nc1nc2cc(C(N)O)cc(SC)c2n1CC(C)CCn1c(NC(=O)c2cc(C)nn2CC)nc2cc(C(N)=O)cc(OCCCN3CCN(C(C)C)CC3)c21. The number of aromatic nitrogens is 7. The topological polar surface area (TPSA) is 230 Å². The molecule has 2 atom stereocenters. The quantitative estimate of drug-likeness (QED) is 0.0335. The molecule has 1 saturated heterocycles. The van der Waals surface area contributed by atoms with Crippen LogP contribution in [0.3, 0.4) is 0 Å². The molecule has 0 saturated carbocycles. The number of nitrogens with zero attached hydrogens (tertiary/aromatic N) is 9. The number of rotatable bonds is 20. The number of nitrogens with two attached hydrogens (primary N) is 2. The maximum atomic E-state index is 14.0. The third-order valence-electron chi connectivity index (χ3n) is 12.1. The van der Waals surface area contributed by atoms with E-state index < -0.39 is 12.1 Å². The zero-order valence-electron chi connectivity index (χ0n) is 39.2. The minimum atomic E-state index is -1.21. The van der Waals surface area contributed by atoms with Gasteiger partial charge in [0.05, 0.1) is 39.6 Å². The number of primary amides is 1. The maximum absolute atomic E-state index is 14.0. The molecule has 0 spiro atoms. The van der Waals surface area contributed by atoms with Gasteiger partial charge in [0, 0.05) is 68.9 Å². The van der Waals surface area contributed by atoms with Crippen LogP contribution in [0, 0.1) is 19.8 Å². The maximum Gasteiger partial charge on any atom is 0.276 e. The van der Waals surface area contributed by atoms with E-state index in [2.05, 4.69) is 51.3 Å². The lowest BCUT2D eigenvalue weighted by atomic mass is 10.1. The first-order valence-electron chi connectivity index (χ1n) is 22.7. The van der Waals surface area contributed by atoms with Crippen molar-refractivity contribution in [1.82, 2.24) is 43.7 Å². The predicted molar refractivity (Wildman–Crippen MR) is 261 cm³/mol. The van der Waals surface area contributed by atoms with Gasteiger partial charge in [-0.1, -0.05) is 13.8 Å². The highest BCUT2D eigenvalue weighted by atomic mass is 32.2. The van der Waals surface area contributed by atoms with Crippen molar-refractivity contribution in [3.63, 3.8) is 0 Å². The highest BCUT2D eigenvalue weighted by molar-refractivity contribution is 7.98. The molecule has 18 nitrogen and oxygen atoms in total. The highest BCUT2D eigenvalue weighted by Gasteiger charge is 2.26. The number of imidazole rings is 2. The molecule has 6 aromatic rings. The first kappa shape index (κ1) is 48.6. The second-order valence-corrected chi connectivity index (χ2v) is 19.3. The van der Waals surface area contributed by atoms with E-state index in [0.29, 0.717) is 95.2 Å². The van der Waals surface area contributed by atoms with Gasteiger partial charge in [-0.3, -0.25) is 34.6 Å². The number of benzene rings is 2. The van der Waals surface area contributed by atoms with E-state index in [1.54, 1.807) is 28.9 Å². The number of fused-ring (bicyclic) bond motifs is 2. The number of thioether (sulfide) groups is 1. The average Bonchev–Trinajstić information content (AvgIpc) is 4.06. The summed E-state index contributed by atoms with van der Waals surface area (Å²) in [6.45, 7) is 20.8. The Morgan fingerprint density at radius 3 is 2.26 bits per heavy atom. The van der Waals surface area contributed by atoms with Crippen LogP contribution in [0.15, 0.2) is 35.2 Å². The van der Waals surface area contributed by atoms with Crippen molar-refractivity contribution in [3.05, 3.63) is 68.4 Å². The molecule has 3 amide bonds. The first-order valence-corrected chi connectivity index (χ1v) is 24.7. The number of thiazole rings is 1. The number of carbonyl (C=O) groups is 3. The number of hydrogen-bond donors (Lipinski definition) is 5. The van der Waals surface area contributed by atoms with E-state index in [1.807, 2.05) is 49.2 Å². The van der Waals surface area contributed by atoms with Crippen molar-refractivity contribution < 1.29 is 24.2 Å². The molecule has 1 aliphatic heterocycles. The standard InChI is InChI=1S/C46H63N13O5S2/c1-9-32-40(66-29(7)49-32)44(63)53-46-51-34-22-31(42(48)61)24-37(65-8)39(34)58(46)25-27(5)12-14-57-38-33(50-45(57)52-43(62)35-20-28(6)54-59(35)10-2)21-30(41(47)60)23-36(38)64-19-11-13-55-15-17-56(18-16-55)26(3)4/h20-24,26-27,42,61H,9-19,25,48H2,1-8H3,(H2,47,60)(H,50,52,62)(H,51,53,63). The van der Waals surface area contributed by atoms with Crippen molar-refractivity contribution in [2.45, 2.75) is 105 Å². The molecular weight excluding hydrogens is 879 g/mol. The summed E-state index contributed by atoms with van der Waals surface area (Å²) in [5.74, 6) is -0.258. The minimum Gasteiger partial charge on any atom is -0.491 e. The fraction of sp³-hybridized carbons (Fsp3) is 0.500. The number of carbonyl (C=O) groups excluding carboxylic acids is 3. The molecule has 7 rings (SSSR count). The fourth-order valence-electron chi connectivity index (χ4n) is 8.55. The fourth-order valence-corrected chi connectivity index (χ4v) is 10.1. The van der Waals surface area contributed by atoms with E-state index in [9.17, 15) is 19.5 Å². The van der Waals surface area contributed by atoms with E-state index in [-0.39, 0.29) is 29.2 Å². The van der Waals surface area contributed by atoms with Crippen molar-refractivity contribution in [2.75, 3.05) is 56.2 Å². The van der Waals surface area contributed by atoms with Crippen LogP contribution in [0.4, 0.5) is 11.9 Å². The monoisotopic (exact) mass is 941 g/mol. The molecule has 66 heavy (non-hydrogen) atoms. The second-order valence-electron chi connectivity index (χ2n) is 17.2. The van der Waals surface area contributed by atoms with Crippen LogP contribution < -0.4 is 26.8 Å². The summed E-state index contributed by atoms with van der Waals surface area (Å²) in [6, 6.07) is 9.15. The smallest absolute Gasteiger partial charge is 0.276 e. The normalized spacial score (nSPS) is 14.7. The molecule has 5 heterocycles. The lowest BCUT2D eigenvalue weighted by molar-refractivity contribution is 0.0994. The number of piperazine rings is 1. The van der Waals surface area contributed by atoms with E-state index in [4.69, 9.17) is 26.2 Å². The number of aliphatic hydroxyl groups excluding tert-OH is 1. The Hall–Kier alpha value is -5.38. The van der Waals surface area contributed by atoms with Crippen molar-refractivity contribution in [1.29, 1.82) is 0 Å². The molecule has 4 aromatic heterocycles. The Morgan fingerprint density at radius 1 is 0.909 bits per heavy atom. The van der Waals surface area contributed by atoms with Crippen LogP contribution in [-0.4, -0.2) is 118 Å². The summed E-state index contributed by atoms with van der Waals surface area (Å²) < 4.78 is 12.1. The van der Waals surface area contributed by atoms with Gasteiger partial charge in [-0.15, -0.1) is 23.1 Å². The van der Waals surface area contributed by atoms with Gasteiger partial charge in [-0.05, 0) is 102 Å². The molecule has 0 radical (unpaired) electrons. The van der Waals surface area contributed by atoms with Gasteiger partial charge in [-0.25, -0.2) is 15.0 Å². The van der Waals surface area contributed by atoms with E-state index in [1.165, 1.54) is 23.1 Å². The van der Waals surface area contributed by atoms with Gasteiger partial charge in [0.25, 0.3) is 11.8 Å². The highest BCUT2D eigenvalue weighted by Crippen LogP contribution is 2.35. The molecule has 2 aromatic carbocycles. The van der Waals surface area contributed by atoms with E-state index >= 15 is 0 Å². The van der Waals surface area contributed by atoms with Gasteiger partial charge in [0.15, 0.2) is 0 Å². The first-order chi connectivity index (χ1) is 31.6. The minimum absolute atomic E-state index is 0.0417. The van der Waals surface area contributed by atoms with Crippen LogP contribution in [0.2, 0.25) is 0 Å². The number of nitrogens with one attached hydrogen (secondary N) is 2. The Labute approximate surface area is 393 Å². The van der Waals surface area contributed by atoms with Crippen molar-refractivity contribution >= 4 is 74.8 Å². The van der Waals surface area contributed by atoms with Gasteiger partial charge < -0.3 is 35.3 Å². The zero-order chi connectivity index (χ0) is 47.4. The summed E-state index contributed by atoms with van der Waals surface area (Å²) >= 11 is 2.84. The average molecular weight is 942 g/mol. The number of ether oxygens (including phenoxy) is 1. The molecule has 1 fully saturated rings. The summed E-state index contributed by atoms with van der Waals surface area (Å²) in [6.07, 6.45) is 2.69. The third kappa shape index (κ3) is 10.7. The molecule has 2 unspecified atom stereocenters. The number of anilines is 2. The molecule has 0 bridgehead atoms. The van der Waals surface area contributed by atoms with Gasteiger partial charge in [-0.2, -0.15) is 5.10 Å². The largest absolute Gasteiger partial charge is 0.491 e. The predicted octanol–water partition coefficient (Wildman–Crippen LogP) is 6.03. The lowest BCUT2D eigenvalue weighted by Crippen LogP contribution is -2.49. The van der Waals surface area contributed by atoms with Crippen LogP contribution in [0.5, 0.6) is 5.75 Å². The van der Waals surface area contributed by atoms with Gasteiger partial charge >= 0.3 is 0 Å². The second kappa shape index (κ2) is 21.1. The zero-order valence-corrected chi connectivity index (χ0v) is 40.8. The summed E-state index contributed by atoms with van der Waals surface area (Å²) in [7, 11) is 0. The number of aryl methyl sites for hydroxylation is 5. The molecule has 20 heteroatoms. The molecule has 1 aliphatic rings. The summed E-state index contributed by atoms with van der Waals surface area (Å²) in [5, 5.41) is 21.8. The molecule has 354 valence electrons. The number of aliphatic hydroxyl groups is 1. The van der Waals surface area contributed by atoms with Crippen molar-refractivity contribution in [2.24, 2.45) is 17.4 Å².